The van der Waals surface area contributed by atoms with Crippen LogP contribution in [-0.2, 0) is 0 Å². The molecule has 0 spiro atoms. The average Bonchev–Trinajstić information content (AvgIpc) is 2.48. The van der Waals surface area contributed by atoms with Crippen LogP contribution in [-0.4, -0.2) is 0 Å². The summed E-state index contributed by atoms with van der Waals surface area (Å²) in [6.45, 7) is 8.25. The van der Waals surface area contributed by atoms with Crippen LogP contribution in [0, 0.1) is 0 Å². The number of fused-ring (bicyclic) bond motifs is 2. The fourth-order valence-corrected chi connectivity index (χ4v) is 1.88. The standard InChI is InChI=1S/C14H10.C3H8.C2H6.2CH4/c1-2-6-12-10-14-8-4-3-7-13(14)9-11(12)5-1;1-3-2;1-2;;/h1-10H;3H2,1-2H3;1-2H3;2*1H4. The summed E-state index contributed by atoms with van der Waals surface area (Å²) in [7, 11) is 0. The lowest BCUT2D eigenvalue weighted by molar-refractivity contribution is 1.09. The Labute approximate surface area is 131 Å². The zero-order valence-corrected chi connectivity index (χ0v) is 12.5. The molecule has 3 aromatic rings. The van der Waals surface area contributed by atoms with Crippen LogP contribution < -0.4 is 0 Å². The second kappa shape index (κ2) is 12.0. The first kappa shape index (κ1) is 21.5. The molecule has 0 saturated carbocycles. The Balaban J connectivity index is 0. The Morgan fingerprint density at radius 3 is 0.952 bits per heavy atom. The predicted octanol–water partition coefficient (Wildman–Crippen LogP) is 7.71. The third kappa shape index (κ3) is 5.99. The van der Waals surface area contributed by atoms with Crippen molar-refractivity contribution in [3.63, 3.8) is 0 Å². The molecule has 0 bridgehead atoms. The van der Waals surface area contributed by atoms with Gasteiger partial charge in [-0.05, 0) is 33.7 Å². The second-order valence-electron chi connectivity index (χ2n) is 4.25. The second-order valence-corrected chi connectivity index (χ2v) is 4.25. The van der Waals surface area contributed by atoms with Crippen molar-refractivity contribution in [2.45, 2.75) is 49.0 Å². The van der Waals surface area contributed by atoms with Gasteiger partial charge < -0.3 is 0 Å². The quantitative estimate of drug-likeness (QED) is 0.371. The highest BCUT2D eigenvalue weighted by Gasteiger charge is 1.95. The largest absolute Gasteiger partial charge is 0.0776 e. The van der Waals surface area contributed by atoms with Crippen molar-refractivity contribution in [1.29, 1.82) is 0 Å². The zero-order valence-electron chi connectivity index (χ0n) is 12.5. The van der Waals surface area contributed by atoms with Crippen LogP contribution in [0.2, 0.25) is 0 Å². The molecule has 0 fully saturated rings. The van der Waals surface area contributed by atoms with Crippen molar-refractivity contribution in [2.24, 2.45) is 0 Å². The summed E-state index contributed by atoms with van der Waals surface area (Å²) in [6.07, 6.45) is 1.25. The molecule has 0 aliphatic heterocycles. The van der Waals surface area contributed by atoms with Gasteiger partial charge in [0.15, 0.2) is 0 Å². The van der Waals surface area contributed by atoms with E-state index in [1.807, 2.05) is 13.8 Å². The number of benzene rings is 3. The molecule has 0 N–H and O–H groups in total. The zero-order chi connectivity index (χ0) is 14.1. The van der Waals surface area contributed by atoms with Gasteiger partial charge in [0.25, 0.3) is 0 Å². The van der Waals surface area contributed by atoms with E-state index in [1.165, 1.54) is 28.0 Å². The monoisotopic (exact) mass is 284 g/mol. The highest BCUT2D eigenvalue weighted by molar-refractivity contribution is 5.98. The molecule has 3 aromatic carbocycles. The van der Waals surface area contributed by atoms with Crippen molar-refractivity contribution in [1.82, 2.24) is 0 Å². The first-order valence-electron chi connectivity index (χ1n) is 7.22. The number of rotatable bonds is 0. The van der Waals surface area contributed by atoms with E-state index in [2.05, 4.69) is 74.5 Å². The van der Waals surface area contributed by atoms with E-state index < -0.39 is 0 Å². The van der Waals surface area contributed by atoms with Crippen molar-refractivity contribution >= 4 is 21.5 Å². The average molecular weight is 284 g/mol. The summed E-state index contributed by atoms with van der Waals surface area (Å²) in [5, 5.41) is 5.25. The molecule has 0 amide bonds. The van der Waals surface area contributed by atoms with Gasteiger partial charge in [-0.15, -0.1) is 0 Å². The van der Waals surface area contributed by atoms with E-state index in [0.717, 1.165) is 0 Å². The molecule has 21 heavy (non-hydrogen) atoms. The Morgan fingerprint density at radius 1 is 0.571 bits per heavy atom. The third-order valence-electron chi connectivity index (χ3n) is 2.61. The maximum atomic E-state index is 2.24. The molecular weight excluding hydrogens is 252 g/mol. The molecule has 0 heterocycles. The fraction of sp³-hybridized carbons (Fsp3) is 0.333. The lowest BCUT2D eigenvalue weighted by Gasteiger charge is -2.00. The minimum absolute atomic E-state index is 0. The van der Waals surface area contributed by atoms with Gasteiger partial charge in [-0.2, -0.15) is 0 Å². The molecule has 0 aliphatic carbocycles. The van der Waals surface area contributed by atoms with Crippen molar-refractivity contribution in [3.8, 4) is 0 Å². The van der Waals surface area contributed by atoms with E-state index >= 15 is 0 Å². The molecule has 3 rings (SSSR count). The molecule has 116 valence electrons. The van der Waals surface area contributed by atoms with Crippen LogP contribution in [0.5, 0.6) is 0 Å². The van der Waals surface area contributed by atoms with Gasteiger partial charge in [-0.3, -0.25) is 0 Å². The van der Waals surface area contributed by atoms with Crippen LogP contribution in [0.1, 0.15) is 49.0 Å². The highest BCUT2D eigenvalue weighted by Crippen LogP contribution is 2.21. The topological polar surface area (TPSA) is 0 Å². The van der Waals surface area contributed by atoms with Crippen LogP contribution in [0.3, 0.4) is 0 Å². The summed E-state index contributed by atoms with van der Waals surface area (Å²) < 4.78 is 0. The molecular formula is C21H32. The number of hydrogen-bond donors (Lipinski definition) is 0. The van der Waals surface area contributed by atoms with E-state index in [4.69, 9.17) is 0 Å². The predicted molar refractivity (Wildman–Crippen MR) is 102 cm³/mol. The summed E-state index contributed by atoms with van der Waals surface area (Å²) in [5.74, 6) is 0. The molecule has 0 radical (unpaired) electrons. The Kier molecular flexibility index (Phi) is 12.2. The Bertz CT molecular complexity index is 503. The third-order valence-corrected chi connectivity index (χ3v) is 2.61. The molecule has 0 unspecified atom stereocenters. The van der Waals surface area contributed by atoms with Gasteiger partial charge in [-0.25, -0.2) is 0 Å². The van der Waals surface area contributed by atoms with Gasteiger partial charge in [0.1, 0.15) is 0 Å². The number of hydrogen-bond acceptors (Lipinski definition) is 0. The molecule has 0 atom stereocenters. The van der Waals surface area contributed by atoms with Gasteiger partial charge in [0.2, 0.25) is 0 Å². The summed E-state index contributed by atoms with van der Waals surface area (Å²) in [5.41, 5.74) is 0. The SMILES string of the molecule is C.C.CC.CCC.c1ccc2cc3ccccc3cc2c1. The van der Waals surface area contributed by atoms with Crippen molar-refractivity contribution < 1.29 is 0 Å². The van der Waals surface area contributed by atoms with Crippen LogP contribution in [0.25, 0.3) is 21.5 Å². The van der Waals surface area contributed by atoms with Crippen LogP contribution >= 0.6 is 0 Å². The summed E-state index contributed by atoms with van der Waals surface area (Å²) in [6, 6.07) is 21.4. The van der Waals surface area contributed by atoms with Crippen molar-refractivity contribution in [3.05, 3.63) is 60.7 Å². The molecule has 0 aliphatic rings. The van der Waals surface area contributed by atoms with Gasteiger partial charge >= 0.3 is 0 Å². The van der Waals surface area contributed by atoms with Gasteiger partial charge in [-0.1, -0.05) is 97.5 Å². The lowest BCUT2D eigenvalue weighted by atomic mass is 10.0. The minimum Gasteiger partial charge on any atom is -0.0776 e. The van der Waals surface area contributed by atoms with E-state index in [9.17, 15) is 0 Å². The fourth-order valence-electron chi connectivity index (χ4n) is 1.88. The maximum absolute atomic E-state index is 2.24. The van der Waals surface area contributed by atoms with Crippen LogP contribution in [0.15, 0.2) is 60.7 Å². The minimum atomic E-state index is 0. The van der Waals surface area contributed by atoms with Gasteiger partial charge in [0, 0.05) is 0 Å². The maximum Gasteiger partial charge on any atom is -0.0178 e. The normalized spacial score (nSPS) is 8.38. The lowest BCUT2D eigenvalue weighted by Crippen LogP contribution is -1.74. The highest BCUT2D eigenvalue weighted by atomic mass is 14.0. The van der Waals surface area contributed by atoms with Crippen LogP contribution in [0.4, 0.5) is 0 Å². The molecule has 0 aromatic heterocycles. The summed E-state index contributed by atoms with van der Waals surface area (Å²) in [4.78, 5) is 0. The van der Waals surface area contributed by atoms with Gasteiger partial charge in [0.05, 0.1) is 0 Å². The Hall–Kier alpha value is -1.82. The first-order valence-corrected chi connectivity index (χ1v) is 7.22. The molecule has 0 saturated heterocycles. The van der Waals surface area contributed by atoms with E-state index in [-0.39, 0.29) is 14.9 Å². The van der Waals surface area contributed by atoms with Crippen molar-refractivity contribution in [2.75, 3.05) is 0 Å². The molecule has 0 nitrogen and oxygen atoms in total. The first-order chi connectivity index (χ1) is 9.35. The van der Waals surface area contributed by atoms with E-state index in [1.54, 1.807) is 0 Å². The molecule has 0 heteroatoms. The van der Waals surface area contributed by atoms with E-state index in [0.29, 0.717) is 0 Å². The summed E-state index contributed by atoms with van der Waals surface area (Å²) >= 11 is 0. The Morgan fingerprint density at radius 2 is 0.762 bits per heavy atom. The smallest absolute Gasteiger partial charge is 0.0178 e.